The number of piperazine rings is 1. The summed E-state index contributed by atoms with van der Waals surface area (Å²) in [5.41, 5.74) is 1.04. The first-order valence-corrected chi connectivity index (χ1v) is 9.99. The molecular weight excluding hydrogens is 380 g/mol. The molecule has 2 unspecified atom stereocenters. The third-order valence-electron chi connectivity index (χ3n) is 5.71. The van der Waals surface area contributed by atoms with Gasteiger partial charge in [-0.15, -0.1) is 0 Å². The van der Waals surface area contributed by atoms with Crippen molar-refractivity contribution >= 4 is 29.5 Å². The highest BCUT2D eigenvalue weighted by atomic mass is 35.5. The molecule has 2 fully saturated rings. The Morgan fingerprint density at radius 1 is 1.14 bits per heavy atom. The van der Waals surface area contributed by atoms with E-state index in [0.29, 0.717) is 11.6 Å². The maximum Gasteiger partial charge on any atom is 0.325 e. The van der Waals surface area contributed by atoms with E-state index in [-0.39, 0.29) is 5.91 Å². The summed E-state index contributed by atoms with van der Waals surface area (Å²) >= 11 is 6.02. The van der Waals surface area contributed by atoms with E-state index in [1.165, 1.54) is 4.90 Å². The zero-order valence-electron chi connectivity index (χ0n) is 16.1. The molecule has 1 aromatic rings. The number of halogens is 1. The molecule has 28 heavy (non-hydrogen) atoms. The topological polar surface area (TPSA) is 71.5 Å². The normalized spacial score (nSPS) is 25.7. The monoisotopic (exact) mass is 404 g/mol. The van der Waals surface area contributed by atoms with Crippen molar-refractivity contribution in [3.63, 3.8) is 0 Å². The summed E-state index contributed by atoms with van der Waals surface area (Å²) in [7, 11) is 1.68. The van der Waals surface area contributed by atoms with Crippen LogP contribution in [-0.4, -0.2) is 89.5 Å². The fourth-order valence-corrected chi connectivity index (χ4v) is 4.12. The molecule has 8 nitrogen and oxygen atoms in total. The number of aliphatic imine (C=N–C) groups is 1. The fraction of sp³-hybridized carbons (Fsp3) is 0.526. The minimum Gasteiger partial charge on any atom is -0.340 e. The van der Waals surface area contributed by atoms with Crippen molar-refractivity contribution < 1.29 is 9.59 Å². The molecule has 0 radical (unpaired) electrons. The van der Waals surface area contributed by atoms with Gasteiger partial charge in [0.15, 0.2) is 18.2 Å². The van der Waals surface area contributed by atoms with E-state index >= 15 is 0 Å². The summed E-state index contributed by atoms with van der Waals surface area (Å²) in [5.74, 6) is 0.491. The number of nitrogens with zero attached hydrogens (tertiary/aromatic N) is 5. The van der Waals surface area contributed by atoms with Crippen molar-refractivity contribution in [2.45, 2.75) is 25.7 Å². The molecule has 2 saturated heterocycles. The van der Waals surface area contributed by atoms with Gasteiger partial charge in [-0.2, -0.15) is 0 Å². The van der Waals surface area contributed by atoms with Crippen LogP contribution < -0.4 is 5.32 Å². The van der Waals surface area contributed by atoms with E-state index in [1.807, 2.05) is 29.2 Å². The first-order chi connectivity index (χ1) is 13.5. The third-order valence-corrected chi connectivity index (χ3v) is 5.96. The van der Waals surface area contributed by atoms with E-state index in [2.05, 4.69) is 22.0 Å². The lowest BCUT2D eigenvalue weighted by Gasteiger charge is -2.40. The number of benzene rings is 1. The molecule has 3 aliphatic rings. The van der Waals surface area contributed by atoms with E-state index in [0.717, 1.165) is 44.2 Å². The Labute approximate surface area is 169 Å². The van der Waals surface area contributed by atoms with Gasteiger partial charge in [0, 0.05) is 44.8 Å². The van der Waals surface area contributed by atoms with E-state index < -0.39 is 18.2 Å². The zero-order chi connectivity index (χ0) is 19.8. The number of carbonyl (C=O) groups is 2. The first-order valence-electron chi connectivity index (χ1n) is 9.61. The second-order valence-electron chi connectivity index (χ2n) is 7.37. The number of carbonyl (C=O) groups excluding carboxylic acids is 2. The van der Waals surface area contributed by atoms with Crippen LogP contribution >= 0.6 is 11.6 Å². The smallest absolute Gasteiger partial charge is 0.325 e. The van der Waals surface area contributed by atoms with Crippen molar-refractivity contribution in [3.05, 3.63) is 34.9 Å². The van der Waals surface area contributed by atoms with Crippen LogP contribution in [-0.2, 0) is 11.3 Å². The molecule has 3 aliphatic heterocycles. The molecule has 0 bridgehead atoms. The molecule has 150 valence electrons. The highest BCUT2D eigenvalue weighted by Gasteiger charge is 2.49. The predicted octanol–water partition coefficient (Wildman–Crippen LogP) is 1.03. The third kappa shape index (κ3) is 3.42. The number of hydrogen-bond acceptors (Lipinski definition) is 6. The summed E-state index contributed by atoms with van der Waals surface area (Å²) in [6.07, 6.45) is -0.507. The molecular formula is C19H25ClN6O2. The fourth-order valence-electron chi connectivity index (χ4n) is 3.99. The van der Waals surface area contributed by atoms with Gasteiger partial charge < -0.3 is 19.6 Å². The van der Waals surface area contributed by atoms with Crippen LogP contribution in [0.5, 0.6) is 0 Å². The van der Waals surface area contributed by atoms with Gasteiger partial charge in [0.25, 0.3) is 5.91 Å². The van der Waals surface area contributed by atoms with Crippen LogP contribution in [0.15, 0.2) is 29.3 Å². The number of nitrogens with one attached hydrogen (secondary N) is 1. The lowest BCUT2D eigenvalue weighted by atomic mass is 10.1. The van der Waals surface area contributed by atoms with E-state index in [9.17, 15) is 9.59 Å². The molecule has 4 rings (SSSR count). The second kappa shape index (κ2) is 7.60. The van der Waals surface area contributed by atoms with E-state index in [4.69, 9.17) is 16.6 Å². The molecule has 0 spiro atoms. The van der Waals surface area contributed by atoms with Crippen LogP contribution in [0.25, 0.3) is 0 Å². The van der Waals surface area contributed by atoms with Crippen LogP contribution in [0.3, 0.4) is 0 Å². The summed E-state index contributed by atoms with van der Waals surface area (Å²) in [6, 6.07) is 6.67. The number of rotatable bonds is 3. The number of guanidine groups is 1. The van der Waals surface area contributed by atoms with Crippen LogP contribution in [0.4, 0.5) is 4.79 Å². The highest BCUT2D eigenvalue weighted by Crippen LogP contribution is 2.28. The van der Waals surface area contributed by atoms with Gasteiger partial charge in [-0.1, -0.05) is 30.7 Å². The van der Waals surface area contributed by atoms with Crippen LogP contribution in [0.2, 0.25) is 5.02 Å². The molecule has 0 aromatic heterocycles. The minimum atomic E-state index is -0.530. The maximum atomic E-state index is 12.7. The van der Waals surface area contributed by atoms with Crippen molar-refractivity contribution in [1.29, 1.82) is 0 Å². The summed E-state index contributed by atoms with van der Waals surface area (Å²) in [6.45, 7) is 7.33. The van der Waals surface area contributed by atoms with Gasteiger partial charge >= 0.3 is 6.03 Å². The lowest BCUT2D eigenvalue weighted by molar-refractivity contribution is -0.127. The number of fused-ring (bicyclic) bond motifs is 1. The lowest BCUT2D eigenvalue weighted by Crippen LogP contribution is -2.64. The van der Waals surface area contributed by atoms with Gasteiger partial charge in [0.2, 0.25) is 0 Å². The Morgan fingerprint density at radius 2 is 1.82 bits per heavy atom. The summed E-state index contributed by atoms with van der Waals surface area (Å²) in [5, 5.41) is 3.12. The van der Waals surface area contributed by atoms with Gasteiger partial charge in [-0.05, 0) is 24.2 Å². The number of likely N-dealkylation sites (N-methyl/N-ethyl adjacent to an activating group) is 2. The number of urea groups is 1. The van der Waals surface area contributed by atoms with E-state index in [1.54, 1.807) is 7.05 Å². The Hall–Kier alpha value is -2.32. The van der Waals surface area contributed by atoms with Crippen LogP contribution in [0, 0.1) is 0 Å². The molecule has 1 aromatic carbocycles. The molecule has 1 N–H and O–H groups in total. The van der Waals surface area contributed by atoms with Gasteiger partial charge in [-0.3, -0.25) is 10.1 Å². The minimum absolute atomic E-state index is 0.298. The Balaban J connectivity index is 1.63. The number of imide groups is 1. The average Bonchev–Trinajstić information content (AvgIpc) is 3.08. The molecule has 3 heterocycles. The largest absolute Gasteiger partial charge is 0.340 e. The predicted molar refractivity (Wildman–Crippen MR) is 107 cm³/mol. The Morgan fingerprint density at radius 3 is 2.46 bits per heavy atom. The SMILES string of the molecule is CCN1CCN(C2=NC3C(C(=O)NC(=O)N3C)N2Cc2ccc(Cl)cc2)CC1. The van der Waals surface area contributed by atoms with Gasteiger partial charge in [-0.25, -0.2) is 9.79 Å². The van der Waals surface area contributed by atoms with Crippen LogP contribution in [0.1, 0.15) is 12.5 Å². The molecule has 0 saturated carbocycles. The van der Waals surface area contributed by atoms with Gasteiger partial charge in [0.05, 0.1) is 0 Å². The maximum absolute atomic E-state index is 12.7. The quantitative estimate of drug-likeness (QED) is 0.814. The van der Waals surface area contributed by atoms with Crippen molar-refractivity contribution in [2.75, 3.05) is 39.8 Å². The van der Waals surface area contributed by atoms with Crippen molar-refractivity contribution in [2.24, 2.45) is 4.99 Å². The Kier molecular flexibility index (Phi) is 5.16. The standard InChI is InChI=1S/C19H25ClN6O2/c1-3-24-8-10-25(11-9-24)18-21-16-15(17(27)22-19(28)23(16)2)26(18)12-13-4-6-14(20)7-5-13/h4-7,15-16H,3,8-12H2,1-2H3,(H,22,27,28). The summed E-state index contributed by atoms with van der Waals surface area (Å²) in [4.78, 5) is 37.8. The molecule has 0 aliphatic carbocycles. The molecule has 2 atom stereocenters. The zero-order valence-corrected chi connectivity index (χ0v) is 16.9. The van der Waals surface area contributed by atoms with Crippen molar-refractivity contribution in [3.8, 4) is 0 Å². The first kappa shape index (κ1) is 19.0. The molecule has 9 heteroatoms. The Bertz CT molecular complexity index is 790. The average molecular weight is 405 g/mol. The number of amides is 3. The highest BCUT2D eigenvalue weighted by molar-refractivity contribution is 6.30. The van der Waals surface area contributed by atoms with Crippen molar-refractivity contribution in [1.82, 2.24) is 24.9 Å². The number of hydrogen-bond donors (Lipinski definition) is 1. The van der Waals surface area contributed by atoms with Gasteiger partial charge in [0.1, 0.15) is 0 Å². The molecule has 3 amide bonds. The summed E-state index contributed by atoms with van der Waals surface area (Å²) < 4.78 is 0. The second-order valence-corrected chi connectivity index (χ2v) is 7.80.